The fraction of sp³-hybridized carbons (Fsp3) is 0.648. The van der Waals surface area contributed by atoms with Gasteiger partial charge < -0.3 is 14.2 Å². The Morgan fingerprint density at radius 3 is 0.831 bits per heavy atom. The maximum atomic E-state index is 12.9. The third-order valence-electron chi connectivity index (χ3n) is 13.1. The molecule has 77 heavy (non-hydrogen) atoms. The van der Waals surface area contributed by atoms with Gasteiger partial charge in [-0.05, 0) is 122 Å². The fourth-order valence-electron chi connectivity index (χ4n) is 8.41. The van der Waals surface area contributed by atoms with E-state index in [0.717, 1.165) is 128 Å². The lowest BCUT2D eigenvalue weighted by Crippen LogP contribution is -2.30. The number of allylic oxidation sites excluding steroid dienone is 22. The van der Waals surface area contributed by atoms with Crippen molar-refractivity contribution in [2.45, 2.75) is 284 Å². The van der Waals surface area contributed by atoms with Crippen molar-refractivity contribution < 1.29 is 28.6 Å². The van der Waals surface area contributed by atoms with Crippen LogP contribution >= 0.6 is 0 Å². The van der Waals surface area contributed by atoms with E-state index in [4.69, 9.17) is 14.2 Å². The number of carbonyl (C=O) groups is 3. The number of rotatable bonds is 56. The normalized spacial score (nSPS) is 13.0. The van der Waals surface area contributed by atoms with E-state index < -0.39 is 6.10 Å². The van der Waals surface area contributed by atoms with Crippen LogP contribution in [-0.2, 0) is 28.6 Å². The molecule has 0 aliphatic rings. The summed E-state index contributed by atoms with van der Waals surface area (Å²) in [4.78, 5) is 38.1. The second-order valence-corrected chi connectivity index (χ2v) is 20.6. The lowest BCUT2D eigenvalue weighted by Gasteiger charge is -2.18. The highest BCUT2D eigenvalue weighted by molar-refractivity contribution is 5.71. The first-order chi connectivity index (χ1) is 38.0. The minimum absolute atomic E-state index is 0.0919. The summed E-state index contributed by atoms with van der Waals surface area (Å²) in [5.41, 5.74) is 0. The molecule has 6 nitrogen and oxygen atoms in total. The highest BCUT2D eigenvalue weighted by Gasteiger charge is 2.19. The minimum atomic E-state index is -0.797. The summed E-state index contributed by atoms with van der Waals surface area (Å²) < 4.78 is 16.8. The molecule has 0 saturated carbocycles. The minimum Gasteiger partial charge on any atom is -0.462 e. The molecule has 0 heterocycles. The van der Waals surface area contributed by atoms with Crippen LogP contribution in [0.25, 0.3) is 0 Å². The number of esters is 3. The molecule has 0 aromatic rings. The van der Waals surface area contributed by atoms with Crippen molar-refractivity contribution in [3.05, 3.63) is 134 Å². The summed E-state index contributed by atoms with van der Waals surface area (Å²) >= 11 is 0. The predicted molar refractivity (Wildman–Crippen MR) is 334 cm³/mol. The zero-order valence-corrected chi connectivity index (χ0v) is 49.9. The predicted octanol–water partition coefficient (Wildman–Crippen LogP) is 21.8. The Morgan fingerprint density at radius 2 is 0.506 bits per heavy atom. The van der Waals surface area contributed by atoms with E-state index in [9.17, 15) is 14.4 Å². The standard InChI is InChI=1S/C71H116O6/c1-4-7-10-13-16-19-21-23-25-27-29-30-31-32-33-34-35-36-37-38-39-40-42-43-45-47-49-52-55-58-61-64-70(73)76-67-68(66-75-69(72)63-60-57-54-51-18-15-12-9-6-3)77-71(74)65-62-59-56-53-50-48-46-44-41-28-26-24-22-20-17-14-11-8-5-2/h7,10,16-17,19-20,23-26,29-30,32-33,35-36,38-39,42-43,47,49,68H,4-6,8-9,11-15,18,21-22,27-28,31,34,37,40-41,44-46,48,50-67H2,1-3H3/b10-7-,19-16-,20-17-,25-23-,26-24-,30-29-,33-32-,36-35-,39-38-,43-42-,49-47-. The molecule has 0 aliphatic carbocycles. The van der Waals surface area contributed by atoms with Crippen molar-refractivity contribution in [1.29, 1.82) is 0 Å². The third-order valence-corrected chi connectivity index (χ3v) is 13.1. The first-order valence-corrected chi connectivity index (χ1v) is 31.7. The maximum absolute atomic E-state index is 12.9. The molecule has 0 saturated heterocycles. The lowest BCUT2D eigenvalue weighted by molar-refractivity contribution is -0.167. The second-order valence-electron chi connectivity index (χ2n) is 20.6. The van der Waals surface area contributed by atoms with Gasteiger partial charge in [-0.15, -0.1) is 0 Å². The lowest BCUT2D eigenvalue weighted by atomic mass is 10.1. The number of hydrogen-bond donors (Lipinski definition) is 0. The van der Waals surface area contributed by atoms with Gasteiger partial charge in [0, 0.05) is 19.3 Å². The average Bonchev–Trinajstić information content (AvgIpc) is 3.43. The van der Waals surface area contributed by atoms with Crippen LogP contribution < -0.4 is 0 Å². The molecule has 6 heteroatoms. The molecule has 0 fully saturated rings. The van der Waals surface area contributed by atoms with Crippen LogP contribution in [0.1, 0.15) is 278 Å². The molecule has 0 N–H and O–H groups in total. The molecular weight excluding hydrogens is 949 g/mol. The highest BCUT2D eigenvalue weighted by atomic mass is 16.6. The van der Waals surface area contributed by atoms with Crippen LogP contribution in [0.4, 0.5) is 0 Å². The van der Waals surface area contributed by atoms with Gasteiger partial charge in [0.25, 0.3) is 0 Å². The van der Waals surface area contributed by atoms with E-state index in [1.807, 2.05) is 0 Å². The second kappa shape index (κ2) is 64.1. The molecule has 1 unspecified atom stereocenters. The van der Waals surface area contributed by atoms with Crippen molar-refractivity contribution in [1.82, 2.24) is 0 Å². The molecule has 0 spiro atoms. The van der Waals surface area contributed by atoms with Gasteiger partial charge in [0.1, 0.15) is 13.2 Å². The molecule has 0 aromatic heterocycles. The largest absolute Gasteiger partial charge is 0.462 e. The quantitative estimate of drug-likeness (QED) is 0.0261. The third kappa shape index (κ3) is 62.3. The van der Waals surface area contributed by atoms with Gasteiger partial charge in [-0.25, -0.2) is 0 Å². The molecule has 0 aliphatic heterocycles. The molecular formula is C71H116O6. The van der Waals surface area contributed by atoms with Gasteiger partial charge in [-0.1, -0.05) is 270 Å². The molecule has 0 rings (SSSR count). The van der Waals surface area contributed by atoms with Crippen molar-refractivity contribution >= 4 is 17.9 Å². The Bertz CT molecular complexity index is 1650. The summed E-state index contributed by atoms with van der Waals surface area (Å²) in [6, 6.07) is 0. The number of ether oxygens (including phenoxy) is 3. The summed E-state index contributed by atoms with van der Waals surface area (Å²) in [7, 11) is 0. The Labute approximate surface area is 475 Å². The molecule has 436 valence electrons. The van der Waals surface area contributed by atoms with E-state index in [1.165, 1.54) is 109 Å². The van der Waals surface area contributed by atoms with Crippen LogP contribution in [0.2, 0.25) is 0 Å². The van der Waals surface area contributed by atoms with Gasteiger partial charge in [-0.2, -0.15) is 0 Å². The molecule has 1 atom stereocenters. The van der Waals surface area contributed by atoms with E-state index in [2.05, 4.69) is 154 Å². The summed E-state index contributed by atoms with van der Waals surface area (Å²) in [5.74, 6) is -0.933. The van der Waals surface area contributed by atoms with Gasteiger partial charge in [-0.3, -0.25) is 14.4 Å². The Balaban J connectivity index is 4.32. The van der Waals surface area contributed by atoms with Crippen molar-refractivity contribution in [3.8, 4) is 0 Å². The highest BCUT2D eigenvalue weighted by Crippen LogP contribution is 2.15. The van der Waals surface area contributed by atoms with Crippen LogP contribution in [0.5, 0.6) is 0 Å². The monoisotopic (exact) mass is 1060 g/mol. The number of carbonyl (C=O) groups excluding carboxylic acids is 3. The van der Waals surface area contributed by atoms with E-state index >= 15 is 0 Å². The summed E-state index contributed by atoms with van der Waals surface area (Å²) in [5, 5.41) is 0. The zero-order chi connectivity index (χ0) is 55.7. The van der Waals surface area contributed by atoms with E-state index in [-0.39, 0.29) is 31.1 Å². The number of hydrogen-bond acceptors (Lipinski definition) is 6. The SMILES string of the molecule is CC/C=C\C/C=C\C/C=C\C/C=C\C/C=C\C/C=C\C/C=C\C/C=C\C/C=C\CCCCCC(=O)OCC(COC(=O)CCCCCCCCCCC)OC(=O)CCCCCCCCCCC/C=C\C/C=C\CCCCC. The van der Waals surface area contributed by atoms with Crippen LogP contribution in [0.3, 0.4) is 0 Å². The summed E-state index contributed by atoms with van der Waals surface area (Å²) in [6.45, 7) is 6.45. The number of unbranched alkanes of at least 4 members (excludes halogenated alkanes) is 23. The van der Waals surface area contributed by atoms with E-state index in [1.54, 1.807) is 0 Å². The first-order valence-electron chi connectivity index (χ1n) is 31.7. The van der Waals surface area contributed by atoms with Gasteiger partial charge >= 0.3 is 17.9 Å². The molecule has 0 radical (unpaired) electrons. The van der Waals surface area contributed by atoms with Crippen LogP contribution in [-0.4, -0.2) is 37.2 Å². The Hall–Kier alpha value is -4.45. The van der Waals surface area contributed by atoms with E-state index in [0.29, 0.717) is 19.3 Å². The van der Waals surface area contributed by atoms with Gasteiger partial charge in [0.2, 0.25) is 0 Å². The molecule has 0 bridgehead atoms. The zero-order valence-electron chi connectivity index (χ0n) is 49.9. The van der Waals surface area contributed by atoms with Gasteiger partial charge in [0.15, 0.2) is 6.10 Å². The topological polar surface area (TPSA) is 78.9 Å². The van der Waals surface area contributed by atoms with Crippen molar-refractivity contribution in [3.63, 3.8) is 0 Å². The van der Waals surface area contributed by atoms with Crippen molar-refractivity contribution in [2.75, 3.05) is 13.2 Å². The Kier molecular flexibility index (Phi) is 60.4. The molecule has 0 amide bonds. The van der Waals surface area contributed by atoms with Gasteiger partial charge in [0.05, 0.1) is 0 Å². The summed E-state index contributed by atoms with van der Waals surface area (Å²) in [6.07, 6.45) is 90.3. The van der Waals surface area contributed by atoms with Crippen LogP contribution in [0, 0.1) is 0 Å². The maximum Gasteiger partial charge on any atom is 0.306 e. The molecule has 0 aromatic carbocycles. The van der Waals surface area contributed by atoms with Crippen molar-refractivity contribution in [2.24, 2.45) is 0 Å². The Morgan fingerprint density at radius 1 is 0.273 bits per heavy atom. The average molecular weight is 1070 g/mol. The first kappa shape index (κ1) is 72.5. The van der Waals surface area contributed by atoms with Crippen LogP contribution in [0.15, 0.2) is 134 Å². The fourth-order valence-corrected chi connectivity index (χ4v) is 8.41. The smallest absolute Gasteiger partial charge is 0.306 e.